The average Bonchev–Trinajstić information content (AvgIpc) is 2.27. The maximum atomic E-state index is 11.6. The number of carboxylic acids is 2. The number of nitrogens with zero attached hydrogens (tertiary/aromatic N) is 1. The zero-order valence-electron chi connectivity index (χ0n) is 8.96. The van der Waals surface area contributed by atoms with Crippen LogP contribution in [-0.4, -0.2) is 39.1 Å². The summed E-state index contributed by atoms with van der Waals surface area (Å²) in [7, 11) is 0. The first-order valence-corrected chi connectivity index (χ1v) is 5.57. The summed E-state index contributed by atoms with van der Waals surface area (Å²) in [6.45, 7) is 0. The quantitative estimate of drug-likeness (QED) is 0.681. The summed E-state index contributed by atoms with van der Waals surface area (Å²) in [6.07, 6.45) is -0.699. The van der Waals surface area contributed by atoms with Crippen LogP contribution in [-0.2, 0) is 9.59 Å². The Hall–Kier alpha value is -1.96. The number of aliphatic carboxylic acids is 2. The van der Waals surface area contributed by atoms with Crippen molar-refractivity contribution in [1.82, 2.24) is 10.3 Å². The summed E-state index contributed by atoms with van der Waals surface area (Å²) in [5.74, 6) is -3.48. The highest BCUT2D eigenvalue weighted by molar-refractivity contribution is 9.10. The Morgan fingerprint density at radius 2 is 2.00 bits per heavy atom. The molecule has 1 heterocycles. The molecule has 1 aromatic heterocycles. The first kappa shape index (κ1) is 14.1. The molecule has 0 saturated carbocycles. The van der Waals surface area contributed by atoms with Crippen molar-refractivity contribution in [2.24, 2.45) is 0 Å². The van der Waals surface area contributed by atoms with Gasteiger partial charge in [0.05, 0.1) is 6.42 Å². The van der Waals surface area contributed by atoms with Gasteiger partial charge < -0.3 is 15.5 Å². The topological polar surface area (TPSA) is 117 Å². The van der Waals surface area contributed by atoms with Gasteiger partial charge in [-0.3, -0.25) is 9.59 Å². The highest BCUT2D eigenvalue weighted by atomic mass is 79.9. The van der Waals surface area contributed by atoms with Crippen molar-refractivity contribution in [3.05, 3.63) is 28.5 Å². The van der Waals surface area contributed by atoms with E-state index < -0.39 is 30.3 Å². The maximum Gasteiger partial charge on any atom is 0.326 e. The molecular weight excluding hydrogens is 308 g/mol. The van der Waals surface area contributed by atoms with Crippen molar-refractivity contribution in [2.45, 2.75) is 12.5 Å². The smallest absolute Gasteiger partial charge is 0.326 e. The van der Waals surface area contributed by atoms with E-state index in [0.717, 1.165) is 0 Å². The number of amides is 1. The normalized spacial score (nSPS) is 11.6. The molecule has 0 radical (unpaired) electrons. The van der Waals surface area contributed by atoms with Crippen molar-refractivity contribution in [3.8, 4) is 0 Å². The molecule has 1 atom stereocenters. The third-order valence-electron chi connectivity index (χ3n) is 1.93. The van der Waals surface area contributed by atoms with Crippen molar-refractivity contribution in [2.75, 3.05) is 0 Å². The maximum absolute atomic E-state index is 11.6. The predicted octanol–water partition coefficient (Wildman–Crippen LogP) is 0.502. The fraction of sp³-hybridized carbons (Fsp3) is 0.200. The second kappa shape index (κ2) is 6.10. The molecule has 3 N–H and O–H groups in total. The molecule has 0 bridgehead atoms. The van der Waals surface area contributed by atoms with Crippen LogP contribution in [0.2, 0.25) is 0 Å². The summed E-state index contributed by atoms with van der Waals surface area (Å²) in [6, 6.07) is 3.05. The van der Waals surface area contributed by atoms with Crippen LogP contribution in [0.25, 0.3) is 0 Å². The number of aromatic nitrogens is 1. The lowest BCUT2D eigenvalue weighted by atomic mass is 10.2. The van der Waals surface area contributed by atoms with Crippen molar-refractivity contribution < 1.29 is 24.6 Å². The Labute approximate surface area is 110 Å². The molecule has 7 nitrogen and oxygen atoms in total. The van der Waals surface area contributed by atoms with Crippen LogP contribution < -0.4 is 5.32 Å². The van der Waals surface area contributed by atoms with Crippen LogP contribution in [0.4, 0.5) is 0 Å². The minimum absolute atomic E-state index is 0.000939. The Kier molecular flexibility index (Phi) is 4.78. The molecule has 1 amide bonds. The number of halogens is 1. The second-order valence-electron chi connectivity index (χ2n) is 3.31. The van der Waals surface area contributed by atoms with Gasteiger partial charge in [0.25, 0.3) is 5.91 Å². The minimum atomic E-state index is -1.49. The van der Waals surface area contributed by atoms with E-state index in [-0.39, 0.29) is 5.69 Å². The number of hydrogen-bond acceptors (Lipinski definition) is 4. The standard InChI is InChI=1S/C10H9BrN2O5/c11-7-3-1-2-5(12-7)9(16)13-6(10(17)18)4-8(14)15/h1-3,6H,4H2,(H,13,16)(H,14,15)(H,17,18)/t6-/m0/s1. The molecular formula is C10H9BrN2O5. The lowest BCUT2D eigenvalue weighted by molar-refractivity contribution is -0.145. The molecule has 8 heteroatoms. The van der Waals surface area contributed by atoms with Gasteiger partial charge in [0.15, 0.2) is 0 Å². The number of carbonyl (C=O) groups excluding carboxylic acids is 1. The van der Waals surface area contributed by atoms with Crippen LogP contribution >= 0.6 is 15.9 Å². The molecule has 0 spiro atoms. The number of carbonyl (C=O) groups is 3. The van der Waals surface area contributed by atoms with E-state index in [9.17, 15) is 14.4 Å². The Morgan fingerprint density at radius 3 is 2.50 bits per heavy atom. The number of nitrogens with one attached hydrogen (secondary N) is 1. The highest BCUT2D eigenvalue weighted by Gasteiger charge is 2.23. The molecule has 0 aliphatic rings. The minimum Gasteiger partial charge on any atom is -0.481 e. The summed E-state index contributed by atoms with van der Waals surface area (Å²) in [4.78, 5) is 36.7. The van der Waals surface area contributed by atoms with Gasteiger partial charge in [0.1, 0.15) is 16.3 Å². The SMILES string of the molecule is O=C(O)C[C@H](NC(=O)c1cccc(Br)n1)C(=O)O. The molecule has 0 aliphatic heterocycles. The highest BCUT2D eigenvalue weighted by Crippen LogP contribution is 2.06. The second-order valence-corrected chi connectivity index (χ2v) is 4.12. The zero-order chi connectivity index (χ0) is 13.7. The van der Waals surface area contributed by atoms with Crippen LogP contribution in [0.5, 0.6) is 0 Å². The van der Waals surface area contributed by atoms with Crippen LogP contribution in [0.1, 0.15) is 16.9 Å². The molecule has 1 aromatic rings. The van der Waals surface area contributed by atoms with Gasteiger partial charge >= 0.3 is 11.9 Å². The van der Waals surface area contributed by atoms with Crippen LogP contribution in [0.15, 0.2) is 22.8 Å². The largest absolute Gasteiger partial charge is 0.481 e. The van der Waals surface area contributed by atoms with Crippen LogP contribution in [0, 0.1) is 0 Å². The van der Waals surface area contributed by atoms with Crippen LogP contribution in [0.3, 0.4) is 0 Å². The van der Waals surface area contributed by atoms with E-state index in [2.05, 4.69) is 26.2 Å². The fourth-order valence-corrected chi connectivity index (χ4v) is 1.49. The van der Waals surface area contributed by atoms with Gasteiger partial charge in [-0.15, -0.1) is 0 Å². The molecule has 18 heavy (non-hydrogen) atoms. The molecule has 96 valence electrons. The summed E-state index contributed by atoms with van der Waals surface area (Å²) in [5.41, 5.74) is 0.000939. The molecule has 0 saturated heterocycles. The fourth-order valence-electron chi connectivity index (χ4n) is 1.14. The van der Waals surface area contributed by atoms with Gasteiger partial charge in [0.2, 0.25) is 0 Å². The van der Waals surface area contributed by atoms with Gasteiger partial charge in [0, 0.05) is 0 Å². The molecule has 0 fully saturated rings. The Morgan fingerprint density at radius 1 is 1.33 bits per heavy atom. The number of carboxylic acid groups (broad SMARTS) is 2. The Balaban J connectivity index is 2.78. The van der Waals surface area contributed by atoms with E-state index >= 15 is 0 Å². The number of hydrogen-bond donors (Lipinski definition) is 3. The number of rotatable bonds is 5. The summed E-state index contributed by atoms with van der Waals surface area (Å²) in [5, 5.41) is 19.4. The summed E-state index contributed by atoms with van der Waals surface area (Å²) < 4.78 is 0.417. The molecule has 0 aromatic carbocycles. The average molecular weight is 317 g/mol. The van der Waals surface area contributed by atoms with E-state index in [1.807, 2.05) is 0 Å². The third kappa shape index (κ3) is 4.13. The monoisotopic (exact) mass is 316 g/mol. The first-order valence-electron chi connectivity index (χ1n) is 4.78. The summed E-state index contributed by atoms with van der Waals surface area (Å²) >= 11 is 3.06. The predicted molar refractivity (Wildman–Crippen MR) is 63.1 cm³/mol. The number of pyridine rings is 1. The van der Waals surface area contributed by atoms with Gasteiger partial charge in [-0.2, -0.15) is 0 Å². The van der Waals surface area contributed by atoms with Crippen molar-refractivity contribution in [3.63, 3.8) is 0 Å². The molecule has 0 aliphatic carbocycles. The van der Waals surface area contributed by atoms with E-state index in [1.165, 1.54) is 6.07 Å². The lowest BCUT2D eigenvalue weighted by Crippen LogP contribution is -2.42. The van der Waals surface area contributed by atoms with Gasteiger partial charge in [-0.1, -0.05) is 6.07 Å². The van der Waals surface area contributed by atoms with Gasteiger partial charge in [-0.05, 0) is 28.1 Å². The van der Waals surface area contributed by atoms with Crippen molar-refractivity contribution >= 4 is 33.8 Å². The third-order valence-corrected chi connectivity index (χ3v) is 2.37. The van der Waals surface area contributed by atoms with E-state index in [0.29, 0.717) is 4.60 Å². The van der Waals surface area contributed by atoms with E-state index in [1.54, 1.807) is 12.1 Å². The van der Waals surface area contributed by atoms with Crippen molar-refractivity contribution in [1.29, 1.82) is 0 Å². The van der Waals surface area contributed by atoms with E-state index in [4.69, 9.17) is 10.2 Å². The lowest BCUT2D eigenvalue weighted by Gasteiger charge is -2.11. The molecule has 0 unspecified atom stereocenters. The zero-order valence-corrected chi connectivity index (χ0v) is 10.5. The van der Waals surface area contributed by atoms with Gasteiger partial charge in [-0.25, -0.2) is 9.78 Å². The first-order chi connectivity index (χ1) is 8.40. The Bertz CT molecular complexity index is 491. The molecule has 1 rings (SSSR count).